The molecular weight excluding hydrogens is 190 g/mol. The Labute approximate surface area is 82.2 Å². The third-order valence-corrected chi connectivity index (χ3v) is 1.78. The van der Waals surface area contributed by atoms with Crippen molar-refractivity contribution in [1.82, 2.24) is 5.32 Å². The lowest BCUT2D eigenvalue weighted by Gasteiger charge is -2.24. The van der Waals surface area contributed by atoms with Gasteiger partial charge in [0.1, 0.15) is 0 Å². The highest BCUT2D eigenvalue weighted by Gasteiger charge is 2.30. The van der Waals surface area contributed by atoms with E-state index >= 15 is 0 Å². The first-order valence-corrected chi connectivity index (χ1v) is 4.21. The standard InChI is InChI=1S/C8H17NO5/c1-7(13,5-10)3-9-4-8(2,14)6(11)12/h9-10,13-14H,3-5H2,1-2H3,(H,11,12). The molecule has 14 heavy (non-hydrogen) atoms. The van der Waals surface area contributed by atoms with Crippen LogP contribution in [0.15, 0.2) is 0 Å². The average molecular weight is 207 g/mol. The summed E-state index contributed by atoms with van der Waals surface area (Å²) in [5.74, 6) is -1.34. The second-order valence-corrected chi connectivity index (χ2v) is 3.84. The molecule has 0 amide bonds. The van der Waals surface area contributed by atoms with Gasteiger partial charge in [0.15, 0.2) is 5.60 Å². The fourth-order valence-corrected chi connectivity index (χ4v) is 0.707. The van der Waals surface area contributed by atoms with E-state index in [2.05, 4.69) is 5.32 Å². The highest BCUT2D eigenvalue weighted by Crippen LogP contribution is 2.03. The van der Waals surface area contributed by atoms with Crippen LogP contribution >= 0.6 is 0 Å². The summed E-state index contributed by atoms with van der Waals surface area (Å²) in [5.41, 5.74) is -3.18. The molecular formula is C8H17NO5. The zero-order valence-corrected chi connectivity index (χ0v) is 8.32. The lowest BCUT2D eigenvalue weighted by Crippen LogP contribution is -2.49. The molecule has 0 bridgehead atoms. The highest BCUT2D eigenvalue weighted by atomic mass is 16.4. The minimum absolute atomic E-state index is 0.00687. The summed E-state index contributed by atoms with van der Waals surface area (Å²) in [6, 6.07) is 0. The Kier molecular flexibility index (Phi) is 4.47. The van der Waals surface area contributed by atoms with E-state index in [1.54, 1.807) is 0 Å². The van der Waals surface area contributed by atoms with Crippen LogP contribution in [0, 0.1) is 0 Å². The average Bonchev–Trinajstić information content (AvgIpc) is 2.03. The molecule has 0 saturated carbocycles. The third kappa shape index (κ3) is 4.52. The number of carboxylic acids is 1. The van der Waals surface area contributed by atoms with Gasteiger partial charge in [0.05, 0.1) is 12.2 Å². The van der Waals surface area contributed by atoms with Crippen molar-refractivity contribution in [3.63, 3.8) is 0 Å². The summed E-state index contributed by atoms with van der Waals surface area (Å²) in [6.07, 6.45) is 0. The first kappa shape index (κ1) is 13.3. The maximum absolute atomic E-state index is 10.4. The molecule has 6 heteroatoms. The summed E-state index contributed by atoms with van der Waals surface area (Å²) < 4.78 is 0. The second kappa shape index (κ2) is 4.70. The van der Waals surface area contributed by atoms with Crippen molar-refractivity contribution in [2.45, 2.75) is 25.0 Å². The molecule has 0 spiro atoms. The maximum Gasteiger partial charge on any atom is 0.336 e. The Morgan fingerprint density at radius 2 is 1.79 bits per heavy atom. The van der Waals surface area contributed by atoms with Crippen LogP contribution in [0.3, 0.4) is 0 Å². The van der Waals surface area contributed by atoms with Crippen LogP contribution in [0.4, 0.5) is 0 Å². The lowest BCUT2D eigenvalue weighted by molar-refractivity contribution is -0.156. The van der Waals surface area contributed by atoms with Crippen molar-refractivity contribution in [2.24, 2.45) is 0 Å². The maximum atomic E-state index is 10.4. The largest absolute Gasteiger partial charge is 0.479 e. The number of hydrogen-bond donors (Lipinski definition) is 5. The van der Waals surface area contributed by atoms with E-state index in [0.717, 1.165) is 6.92 Å². The van der Waals surface area contributed by atoms with Gasteiger partial charge in [-0.3, -0.25) is 0 Å². The first-order valence-electron chi connectivity index (χ1n) is 4.21. The topological polar surface area (TPSA) is 110 Å². The minimum atomic E-state index is -1.87. The van der Waals surface area contributed by atoms with E-state index in [0.29, 0.717) is 0 Å². The third-order valence-electron chi connectivity index (χ3n) is 1.78. The molecule has 0 aliphatic rings. The molecule has 0 aromatic carbocycles. The molecule has 84 valence electrons. The normalized spacial score (nSPS) is 19.8. The molecule has 0 aromatic heterocycles. The van der Waals surface area contributed by atoms with E-state index in [1.165, 1.54) is 6.92 Å². The number of carbonyl (C=O) groups is 1. The van der Waals surface area contributed by atoms with E-state index in [4.69, 9.17) is 10.2 Å². The van der Waals surface area contributed by atoms with Crippen molar-refractivity contribution in [1.29, 1.82) is 0 Å². The molecule has 0 saturated heterocycles. The zero-order valence-electron chi connectivity index (χ0n) is 8.32. The smallest absolute Gasteiger partial charge is 0.336 e. The number of aliphatic hydroxyl groups excluding tert-OH is 1. The van der Waals surface area contributed by atoms with E-state index in [9.17, 15) is 15.0 Å². The summed E-state index contributed by atoms with van der Waals surface area (Å²) in [5, 5.41) is 38.3. The van der Waals surface area contributed by atoms with E-state index in [-0.39, 0.29) is 13.1 Å². The van der Waals surface area contributed by atoms with Gasteiger partial charge in [-0.05, 0) is 13.8 Å². The second-order valence-electron chi connectivity index (χ2n) is 3.84. The molecule has 0 heterocycles. The van der Waals surface area contributed by atoms with Crippen molar-refractivity contribution in [3.05, 3.63) is 0 Å². The minimum Gasteiger partial charge on any atom is -0.479 e. The lowest BCUT2D eigenvalue weighted by atomic mass is 10.1. The molecule has 2 unspecified atom stereocenters. The van der Waals surface area contributed by atoms with Crippen LogP contribution in [0.5, 0.6) is 0 Å². The molecule has 0 aromatic rings. The quantitative estimate of drug-likeness (QED) is 0.350. The monoisotopic (exact) mass is 207 g/mol. The van der Waals surface area contributed by atoms with Crippen LogP contribution in [-0.2, 0) is 4.79 Å². The molecule has 0 aliphatic carbocycles. The summed E-state index contributed by atoms with van der Waals surface area (Å²) in [7, 11) is 0. The molecule has 2 atom stereocenters. The fraction of sp³-hybridized carbons (Fsp3) is 0.875. The van der Waals surface area contributed by atoms with E-state index < -0.39 is 23.8 Å². The number of hydrogen-bond acceptors (Lipinski definition) is 5. The van der Waals surface area contributed by atoms with Gasteiger partial charge in [0, 0.05) is 13.1 Å². The predicted octanol–water partition coefficient (Wildman–Crippen LogP) is -1.85. The van der Waals surface area contributed by atoms with Gasteiger partial charge < -0.3 is 25.7 Å². The summed E-state index contributed by atoms with van der Waals surface area (Å²) >= 11 is 0. The first-order chi connectivity index (χ1) is 6.21. The molecule has 6 nitrogen and oxygen atoms in total. The SMILES string of the molecule is CC(O)(CO)CNCC(C)(O)C(=O)O. The molecule has 0 rings (SSSR count). The summed E-state index contributed by atoms with van der Waals surface area (Å²) in [4.78, 5) is 10.4. The Morgan fingerprint density at radius 1 is 1.29 bits per heavy atom. The van der Waals surface area contributed by atoms with E-state index in [1.807, 2.05) is 0 Å². The number of aliphatic carboxylic acids is 1. The molecule has 0 fully saturated rings. The van der Waals surface area contributed by atoms with Gasteiger partial charge in [-0.25, -0.2) is 4.79 Å². The Bertz CT molecular complexity index is 202. The van der Waals surface area contributed by atoms with Gasteiger partial charge in [0.25, 0.3) is 0 Å². The van der Waals surface area contributed by atoms with Gasteiger partial charge in [-0.2, -0.15) is 0 Å². The van der Waals surface area contributed by atoms with Crippen molar-refractivity contribution < 1.29 is 25.2 Å². The number of rotatable bonds is 6. The highest BCUT2D eigenvalue weighted by molar-refractivity contribution is 5.76. The Morgan fingerprint density at radius 3 is 2.14 bits per heavy atom. The van der Waals surface area contributed by atoms with Crippen LogP contribution in [0.2, 0.25) is 0 Å². The molecule has 5 N–H and O–H groups in total. The molecule has 0 radical (unpaired) electrons. The Balaban J connectivity index is 3.91. The van der Waals surface area contributed by atoms with Crippen molar-refractivity contribution in [3.8, 4) is 0 Å². The number of nitrogens with one attached hydrogen (secondary N) is 1. The van der Waals surface area contributed by atoms with Gasteiger partial charge in [-0.1, -0.05) is 0 Å². The Hall–Kier alpha value is -0.690. The van der Waals surface area contributed by atoms with Gasteiger partial charge >= 0.3 is 5.97 Å². The van der Waals surface area contributed by atoms with Crippen LogP contribution in [0.1, 0.15) is 13.8 Å². The summed E-state index contributed by atoms with van der Waals surface area (Å²) in [6.45, 7) is 1.92. The van der Waals surface area contributed by atoms with Crippen LogP contribution in [-0.4, -0.2) is 57.3 Å². The van der Waals surface area contributed by atoms with Gasteiger partial charge in [-0.15, -0.1) is 0 Å². The van der Waals surface area contributed by atoms with Gasteiger partial charge in [0.2, 0.25) is 0 Å². The molecule has 0 aliphatic heterocycles. The fourth-order valence-electron chi connectivity index (χ4n) is 0.707. The predicted molar refractivity (Wildman–Crippen MR) is 48.8 cm³/mol. The zero-order chi connectivity index (χ0) is 11.4. The number of carboxylic acid groups (broad SMARTS) is 1. The van der Waals surface area contributed by atoms with Crippen molar-refractivity contribution >= 4 is 5.97 Å². The van der Waals surface area contributed by atoms with Crippen molar-refractivity contribution in [2.75, 3.05) is 19.7 Å². The van der Waals surface area contributed by atoms with Crippen LogP contribution in [0.25, 0.3) is 0 Å². The van der Waals surface area contributed by atoms with Crippen LogP contribution < -0.4 is 5.32 Å². The number of aliphatic hydroxyl groups is 3.